The van der Waals surface area contributed by atoms with Crippen molar-refractivity contribution in [1.29, 1.82) is 10.5 Å². The van der Waals surface area contributed by atoms with Crippen LogP contribution >= 0.6 is 11.8 Å². The van der Waals surface area contributed by atoms with Crippen LogP contribution in [0.4, 0.5) is 5.69 Å². The average Bonchev–Trinajstić information content (AvgIpc) is 2.68. The van der Waals surface area contributed by atoms with Crippen molar-refractivity contribution < 1.29 is 0 Å². The predicted octanol–water partition coefficient (Wildman–Crippen LogP) is 5.38. The predicted molar refractivity (Wildman–Crippen MR) is 108 cm³/mol. The number of nitrogens with zero attached hydrogens (tertiary/aromatic N) is 2. The van der Waals surface area contributed by atoms with Crippen molar-refractivity contribution in [2.45, 2.75) is 11.8 Å². The van der Waals surface area contributed by atoms with Gasteiger partial charge in [-0.05, 0) is 53.6 Å². The van der Waals surface area contributed by atoms with Crippen LogP contribution in [0.25, 0.3) is 22.3 Å². The molecule has 3 nitrogen and oxygen atoms in total. The first kappa shape index (κ1) is 17.6. The molecule has 3 aromatic carbocycles. The summed E-state index contributed by atoms with van der Waals surface area (Å²) in [5.41, 5.74) is 11.7. The van der Waals surface area contributed by atoms with Gasteiger partial charge in [-0.25, -0.2) is 0 Å². The van der Waals surface area contributed by atoms with Gasteiger partial charge >= 0.3 is 0 Å². The Morgan fingerprint density at radius 3 is 1.81 bits per heavy atom. The lowest BCUT2D eigenvalue weighted by Gasteiger charge is -2.12. The van der Waals surface area contributed by atoms with E-state index in [1.807, 2.05) is 37.3 Å². The molecule has 0 bridgehead atoms. The van der Waals surface area contributed by atoms with E-state index in [0.717, 1.165) is 27.8 Å². The number of rotatable bonds is 3. The van der Waals surface area contributed by atoms with E-state index in [1.54, 1.807) is 11.8 Å². The number of hydrogen-bond acceptors (Lipinski definition) is 4. The zero-order valence-electron chi connectivity index (χ0n) is 14.6. The molecule has 0 saturated heterocycles. The number of nitriles is 2. The Morgan fingerprint density at radius 1 is 0.808 bits per heavy atom. The molecule has 4 heteroatoms. The van der Waals surface area contributed by atoms with E-state index < -0.39 is 0 Å². The maximum Gasteiger partial charge on any atom is 0.102 e. The summed E-state index contributed by atoms with van der Waals surface area (Å²) in [5.74, 6) is 0. The second kappa shape index (κ2) is 7.35. The number of thioether (sulfide) groups is 1. The van der Waals surface area contributed by atoms with Gasteiger partial charge in [-0.1, -0.05) is 36.4 Å². The van der Waals surface area contributed by atoms with Crippen molar-refractivity contribution in [2.24, 2.45) is 0 Å². The summed E-state index contributed by atoms with van der Waals surface area (Å²) >= 11 is 1.72. The molecular weight excluding hydrogens is 338 g/mol. The van der Waals surface area contributed by atoms with Gasteiger partial charge in [-0.2, -0.15) is 10.5 Å². The molecule has 0 aromatic heterocycles. The summed E-state index contributed by atoms with van der Waals surface area (Å²) in [5, 5.41) is 18.8. The van der Waals surface area contributed by atoms with E-state index in [-0.39, 0.29) is 5.69 Å². The zero-order chi connectivity index (χ0) is 18.7. The van der Waals surface area contributed by atoms with Crippen molar-refractivity contribution in [3.63, 3.8) is 0 Å². The van der Waals surface area contributed by atoms with Crippen LogP contribution in [0.1, 0.15) is 16.7 Å². The maximum absolute atomic E-state index is 9.51. The van der Waals surface area contributed by atoms with E-state index in [0.29, 0.717) is 11.1 Å². The molecule has 3 rings (SSSR count). The van der Waals surface area contributed by atoms with Crippen LogP contribution in [0, 0.1) is 29.6 Å². The van der Waals surface area contributed by atoms with Gasteiger partial charge in [0.15, 0.2) is 0 Å². The minimum Gasteiger partial charge on any atom is -0.397 e. The highest BCUT2D eigenvalue weighted by atomic mass is 32.2. The number of anilines is 1. The molecule has 126 valence electrons. The topological polar surface area (TPSA) is 73.6 Å². The largest absolute Gasteiger partial charge is 0.397 e. The Kier molecular flexibility index (Phi) is 4.98. The molecular formula is C22H17N3S. The third-order valence-electron chi connectivity index (χ3n) is 4.41. The summed E-state index contributed by atoms with van der Waals surface area (Å²) < 4.78 is 0. The summed E-state index contributed by atoms with van der Waals surface area (Å²) in [6.07, 6.45) is 2.06. The fourth-order valence-corrected chi connectivity index (χ4v) is 3.37. The summed E-state index contributed by atoms with van der Waals surface area (Å²) in [6.45, 7) is 1.83. The molecule has 0 aliphatic rings. The molecule has 2 N–H and O–H groups in total. The highest BCUT2D eigenvalue weighted by molar-refractivity contribution is 7.98. The first-order valence-corrected chi connectivity index (χ1v) is 9.29. The molecule has 3 aromatic rings. The zero-order valence-corrected chi connectivity index (χ0v) is 15.4. The first-order chi connectivity index (χ1) is 12.6. The van der Waals surface area contributed by atoms with E-state index in [1.165, 1.54) is 4.90 Å². The van der Waals surface area contributed by atoms with Crippen LogP contribution in [0.5, 0.6) is 0 Å². The van der Waals surface area contributed by atoms with E-state index >= 15 is 0 Å². The number of nitrogens with two attached hydrogens (primary N) is 1. The minimum absolute atomic E-state index is 0.252. The summed E-state index contributed by atoms with van der Waals surface area (Å²) in [7, 11) is 0. The van der Waals surface area contributed by atoms with Gasteiger partial charge in [0.1, 0.15) is 12.1 Å². The van der Waals surface area contributed by atoms with Crippen molar-refractivity contribution in [3.05, 3.63) is 71.3 Å². The van der Waals surface area contributed by atoms with Gasteiger partial charge in [0.05, 0.1) is 16.8 Å². The minimum atomic E-state index is 0.252. The highest BCUT2D eigenvalue weighted by Gasteiger charge is 2.15. The molecule has 0 atom stereocenters. The molecule has 0 spiro atoms. The van der Waals surface area contributed by atoms with Crippen LogP contribution in [-0.4, -0.2) is 6.26 Å². The summed E-state index contributed by atoms with van der Waals surface area (Å²) in [4.78, 5) is 1.23. The van der Waals surface area contributed by atoms with E-state index in [2.05, 4.69) is 42.7 Å². The molecule has 0 fully saturated rings. The van der Waals surface area contributed by atoms with Gasteiger partial charge in [-0.3, -0.25) is 0 Å². The normalized spacial score (nSPS) is 10.2. The number of benzene rings is 3. The van der Waals surface area contributed by atoms with Gasteiger partial charge < -0.3 is 5.73 Å². The maximum atomic E-state index is 9.51. The van der Waals surface area contributed by atoms with Crippen molar-refractivity contribution >= 4 is 17.4 Å². The van der Waals surface area contributed by atoms with Gasteiger partial charge in [0, 0.05) is 10.5 Å². The first-order valence-electron chi connectivity index (χ1n) is 8.07. The molecule has 0 aliphatic carbocycles. The third-order valence-corrected chi connectivity index (χ3v) is 5.15. The lowest BCUT2D eigenvalue weighted by atomic mass is 9.92. The van der Waals surface area contributed by atoms with E-state index in [4.69, 9.17) is 5.73 Å². The van der Waals surface area contributed by atoms with Crippen LogP contribution in [-0.2, 0) is 0 Å². The molecule has 0 heterocycles. The molecule has 0 radical (unpaired) electrons. The standard InChI is InChI=1S/C22H17N3S/c1-14-11-19(21(13-24)22(25)20(14)12-23)17-5-3-15(4-6-17)16-7-9-18(26-2)10-8-16/h3-11H,25H2,1-2H3. The monoisotopic (exact) mass is 355 g/mol. The van der Waals surface area contributed by atoms with E-state index in [9.17, 15) is 10.5 Å². The Bertz CT molecular complexity index is 1040. The summed E-state index contributed by atoms with van der Waals surface area (Å²) in [6, 6.07) is 22.5. The molecule has 0 saturated carbocycles. The van der Waals surface area contributed by atoms with Crippen LogP contribution < -0.4 is 5.73 Å². The van der Waals surface area contributed by atoms with Crippen LogP contribution in [0.15, 0.2) is 59.5 Å². The van der Waals surface area contributed by atoms with Crippen molar-refractivity contribution in [3.8, 4) is 34.4 Å². The Hall–Kier alpha value is -3.21. The lowest BCUT2D eigenvalue weighted by molar-refractivity contribution is 1.37. The number of aryl methyl sites for hydroxylation is 1. The molecule has 0 aliphatic heterocycles. The van der Waals surface area contributed by atoms with Crippen molar-refractivity contribution in [2.75, 3.05) is 12.0 Å². The lowest BCUT2D eigenvalue weighted by Crippen LogP contribution is -2.00. The molecule has 26 heavy (non-hydrogen) atoms. The van der Waals surface area contributed by atoms with Crippen molar-refractivity contribution in [1.82, 2.24) is 0 Å². The van der Waals surface area contributed by atoms with Crippen LogP contribution in [0.2, 0.25) is 0 Å². The number of nitrogen functional groups attached to an aromatic ring is 1. The average molecular weight is 355 g/mol. The SMILES string of the molecule is CSc1ccc(-c2ccc(-c3cc(C)c(C#N)c(N)c3C#N)cc2)cc1. The fourth-order valence-electron chi connectivity index (χ4n) is 2.97. The highest BCUT2D eigenvalue weighted by Crippen LogP contribution is 2.33. The van der Waals surface area contributed by atoms with Crippen LogP contribution in [0.3, 0.4) is 0 Å². The Balaban J connectivity index is 2.04. The molecule has 0 amide bonds. The third kappa shape index (κ3) is 3.16. The Labute approximate surface area is 157 Å². The second-order valence-corrected chi connectivity index (χ2v) is 6.81. The quantitative estimate of drug-likeness (QED) is 0.506. The van der Waals surface area contributed by atoms with Gasteiger partial charge in [0.25, 0.3) is 0 Å². The number of hydrogen-bond donors (Lipinski definition) is 1. The fraction of sp³-hybridized carbons (Fsp3) is 0.0909. The van der Waals surface area contributed by atoms with Gasteiger partial charge in [-0.15, -0.1) is 11.8 Å². The smallest absolute Gasteiger partial charge is 0.102 e. The second-order valence-electron chi connectivity index (χ2n) is 5.93. The van der Waals surface area contributed by atoms with Gasteiger partial charge in [0.2, 0.25) is 0 Å². The molecule has 0 unspecified atom stereocenters. The Morgan fingerprint density at radius 2 is 1.31 bits per heavy atom.